The van der Waals surface area contributed by atoms with E-state index in [-0.39, 0.29) is 5.82 Å². The van der Waals surface area contributed by atoms with Gasteiger partial charge in [0.05, 0.1) is 6.21 Å². The molecule has 102 valence electrons. The number of anilines is 1. The van der Waals surface area contributed by atoms with Crippen molar-refractivity contribution in [2.24, 2.45) is 5.10 Å². The van der Waals surface area contributed by atoms with Crippen LogP contribution in [-0.4, -0.2) is 12.2 Å². The van der Waals surface area contributed by atoms with Crippen LogP contribution in [0.4, 0.5) is 14.9 Å². The fourth-order valence-corrected chi connectivity index (χ4v) is 1.58. The lowest BCUT2D eigenvalue weighted by molar-refractivity contribution is 0.252. The molecule has 2 N–H and O–H groups in total. The van der Waals surface area contributed by atoms with E-state index in [1.807, 2.05) is 25.1 Å². The molecule has 20 heavy (non-hydrogen) atoms. The minimum atomic E-state index is -0.433. The summed E-state index contributed by atoms with van der Waals surface area (Å²) in [5.74, 6) is -0.313. The molecule has 2 rings (SSSR count). The van der Waals surface area contributed by atoms with Crippen molar-refractivity contribution in [2.45, 2.75) is 6.92 Å². The number of para-hydroxylation sites is 1. The number of nitrogens with one attached hydrogen (secondary N) is 2. The van der Waals surface area contributed by atoms with Crippen molar-refractivity contribution in [3.05, 3.63) is 65.5 Å². The van der Waals surface area contributed by atoms with Crippen molar-refractivity contribution in [1.29, 1.82) is 0 Å². The number of carbonyl (C=O) groups is 1. The molecule has 5 heteroatoms. The van der Waals surface area contributed by atoms with Gasteiger partial charge in [0, 0.05) is 5.69 Å². The number of urea groups is 1. The first kappa shape index (κ1) is 13.7. The molecule has 2 aromatic carbocycles. The van der Waals surface area contributed by atoms with E-state index >= 15 is 0 Å². The van der Waals surface area contributed by atoms with E-state index in [0.29, 0.717) is 5.56 Å². The fraction of sp³-hybridized carbons (Fsp3) is 0.0667. The second-order valence-corrected chi connectivity index (χ2v) is 4.19. The zero-order valence-electron chi connectivity index (χ0n) is 10.9. The van der Waals surface area contributed by atoms with Gasteiger partial charge in [-0.15, -0.1) is 0 Å². The summed E-state index contributed by atoms with van der Waals surface area (Å²) in [6.45, 7) is 1.90. The fourth-order valence-electron chi connectivity index (χ4n) is 1.58. The molecule has 2 aromatic rings. The van der Waals surface area contributed by atoms with Crippen LogP contribution in [0.2, 0.25) is 0 Å². The van der Waals surface area contributed by atoms with E-state index in [1.54, 1.807) is 18.2 Å². The normalized spacial score (nSPS) is 10.5. The molecule has 0 aliphatic rings. The molecule has 0 unspecified atom stereocenters. The van der Waals surface area contributed by atoms with Crippen LogP contribution >= 0.6 is 0 Å². The van der Waals surface area contributed by atoms with Crippen molar-refractivity contribution >= 4 is 17.9 Å². The Balaban J connectivity index is 1.89. The van der Waals surface area contributed by atoms with E-state index in [1.165, 1.54) is 18.3 Å². The summed E-state index contributed by atoms with van der Waals surface area (Å²) < 4.78 is 12.7. The average molecular weight is 271 g/mol. The van der Waals surface area contributed by atoms with Gasteiger partial charge in [0.2, 0.25) is 0 Å². The summed E-state index contributed by atoms with van der Waals surface area (Å²) in [5, 5.41) is 6.47. The Morgan fingerprint density at radius 1 is 1.15 bits per heavy atom. The van der Waals surface area contributed by atoms with E-state index in [9.17, 15) is 9.18 Å². The van der Waals surface area contributed by atoms with Gasteiger partial charge in [-0.05, 0) is 36.2 Å². The summed E-state index contributed by atoms with van der Waals surface area (Å²) in [6, 6.07) is 12.8. The number of carbonyl (C=O) groups excluding carboxylic acids is 1. The van der Waals surface area contributed by atoms with Gasteiger partial charge in [0.15, 0.2) is 0 Å². The molecule has 0 bridgehead atoms. The number of aryl methyl sites for hydroxylation is 1. The van der Waals surface area contributed by atoms with Gasteiger partial charge in [0.25, 0.3) is 0 Å². The van der Waals surface area contributed by atoms with Gasteiger partial charge >= 0.3 is 6.03 Å². The van der Waals surface area contributed by atoms with Crippen LogP contribution in [0.5, 0.6) is 0 Å². The summed E-state index contributed by atoms with van der Waals surface area (Å²) in [4.78, 5) is 11.6. The molecule has 0 atom stereocenters. The van der Waals surface area contributed by atoms with Crippen LogP contribution < -0.4 is 10.7 Å². The smallest absolute Gasteiger partial charge is 0.306 e. The summed E-state index contributed by atoms with van der Waals surface area (Å²) >= 11 is 0. The summed E-state index contributed by atoms with van der Waals surface area (Å²) in [5.41, 5.74) is 4.73. The largest absolute Gasteiger partial charge is 0.339 e. The van der Waals surface area contributed by atoms with Crippen LogP contribution in [-0.2, 0) is 0 Å². The van der Waals surface area contributed by atoms with Crippen LogP contribution in [0, 0.1) is 12.7 Å². The minimum Gasteiger partial charge on any atom is -0.306 e. The maximum atomic E-state index is 12.7. The molecule has 0 radical (unpaired) electrons. The van der Waals surface area contributed by atoms with Crippen LogP contribution in [0.25, 0.3) is 0 Å². The van der Waals surface area contributed by atoms with Gasteiger partial charge in [-0.1, -0.05) is 30.3 Å². The Labute approximate surface area is 116 Å². The molecule has 0 fully saturated rings. The number of halogens is 1. The number of rotatable bonds is 3. The van der Waals surface area contributed by atoms with Gasteiger partial charge < -0.3 is 5.32 Å². The number of hydrogen-bond acceptors (Lipinski definition) is 2. The van der Waals surface area contributed by atoms with E-state index in [4.69, 9.17) is 0 Å². The predicted octanol–water partition coefficient (Wildman–Crippen LogP) is 3.29. The van der Waals surface area contributed by atoms with Crippen molar-refractivity contribution in [3.8, 4) is 0 Å². The maximum Gasteiger partial charge on any atom is 0.339 e. The highest BCUT2D eigenvalue weighted by Crippen LogP contribution is 2.12. The second kappa shape index (κ2) is 6.47. The van der Waals surface area contributed by atoms with Crippen molar-refractivity contribution in [1.82, 2.24) is 5.43 Å². The van der Waals surface area contributed by atoms with Gasteiger partial charge in [-0.3, -0.25) is 0 Å². The lowest BCUT2D eigenvalue weighted by atomic mass is 10.2. The van der Waals surface area contributed by atoms with E-state index in [2.05, 4.69) is 15.8 Å². The first-order valence-electron chi connectivity index (χ1n) is 6.06. The Kier molecular flexibility index (Phi) is 4.44. The predicted molar refractivity (Wildman–Crippen MR) is 77.3 cm³/mol. The van der Waals surface area contributed by atoms with Gasteiger partial charge in [-0.2, -0.15) is 5.10 Å². The number of benzene rings is 2. The van der Waals surface area contributed by atoms with Crippen LogP contribution in [0.1, 0.15) is 11.1 Å². The molecule has 0 saturated carbocycles. The number of amides is 2. The minimum absolute atomic E-state index is 0.313. The first-order valence-corrected chi connectivity index (χ1v) is 6.06. The lowest BCUT2D eigenvalue weighted by Gasteiger charge is -2.06. The standard InChI is InChI=1S/C15H14FN3O/c1-11-4-2-3-5-14(11)18-15(20)19-17-10-12-6-8-13(16)9-7-12/h2-10H,1H3,(H2,18,19,20)/b17-10+. The zero-order valence-corrected chi connectivity index (χ0v) is 10.9. The Morgan fingerprint density at radius 2 is 1.85 bits per heavy atom. The molecule has 0 aliphatic carbocycles. The SMILES string of the molecule is Cc1ccccc1NC(=O)N/N=C/c1ccc(F)cc1. The highest BCUT2D eigenvalue weighted by Gasteiger charge is 2.01. The number of hydrazone groups is 1. The third-order valence-corrected chi connectivity index (χ3v) is 2.64. The molecule has 0 saturated heterocycles. The summed E-state index contributed by atoms with van der Waals surface area (Å²) in [7, 11) is 0. The quantitative estimate of drug-likeness (QED) is 0.653. The molecule has 0 spiro atoms. The Hall–Kier alpha value is -2.69. The summed E-state index contributed by atoms with van der Waals surface area (Å²) in [6.07, 6.45) is 1.44. The van der Waals surface area contributed by atoms with Crippen molar-refractivity contribution in [3.63, 3.8) is 0 Å². The van der Waals surface area contributed by atoms with Gasteiger partial charge in [-0.25, -0.2) is 14.6 Å². The molecule has 0 aliphatic heterocycles. The van der Waals surface area contributed by atoms with Crippen LogP contribution in [0.15, 0.2) is 53.6 Å². The third kappa shape index (κ3) is 3.91. The first-order chi connectivity index (χ1) is 9.65. The topological polar surface area (TPSA) is 53.5 Å². The second-order valence-electron chi connectivity index (χ2n) is 4.19. The number of hydrogen-bond donors (Lipinski definition) is 2. The van der Waals surface area contributed by atoms with E-state index < -0.39 is 6.03 Å². The molecule has 2 amide bonds. The highest BCUT2D eigenvalue weighted by atomic mass is 19.1. The Morgan fingerprint density at radius 3 is 2.55 bits per heavy atom. The molecule has 4 nitrogen and oxygen atoms in total. The van der Waals surface area contributed by atoms with Crippen molar-refractivity contribution in [2.75, 3.05) is 5.32 Å². The lowest BCUT2D eigenvalue weighted by Crippen LogP contribution is -2.24. The molecular formula is C15H14FN3O. The Bertz CT molecular complexity index is 623. The van der Waals surface area contributed by atoms with Crippen LogP contribution in [0.3, 0.4) is 0 Å². The van der Waals surface area contributed by atoms with Crippen molar-refractivity contribution < 1.29 is 9.18 Å². The average Bonchev–Trinajstić information content (AvgIpc) is 2.44. The molecule has 0 aromatic heterocycles. The number of nitrogens with zero attached hydrogens (tertiary/aromatic N) is 1. The monoisotopic (exact) mass is 271 g/mol. The molecule has 0 heterocycles. The third-order valence-electron chi connectivity index (χ3n) is 2.64. The van der Waals surface area contributed by atoms with Gasteiger partial charge in [0.1, 0.15) is 5.82 Å². The maximum absolute atomic E-state index is 12.7. The van der Waals surface area contributed by atoms with E-state index in [0.717, 1.165) is 11.3 Å². The molecular weight excluding hydrogens is 257 g/mol. The highest BCUT2D eigenvalue weighted by molar-refractivity contribution is 5.91. The zero-order chi connectivity index (χ0) is 14.4.